The molecule has 0 bridgehead atoms. The lowest BCUT2D eigenvalue weighted by Crippen LogP contribution is -2.15. The van der Waals surface area contributed by atoms with Gasteiger partial charge in [-0.15, -0.1) is 0 Å². The number of aromatic nitrogens is 2. The molecule has 0 spiro atoms. The van der Waals surface area contributed by atoms with Crippen molar-refractivity contribution in [2.75, 3.05) is 0 Å². The number of aromatic carboxylic acids is 1. The van der Waals surface area contributed by atoms with E-state index < -0.39 is 5.97 Å². The van der Waals surface area contributed by atoms with Crippen LogP contribution in [0.5, 0.6) is 0 Å². The van der Waals surface area contributed by atoms with Crippen molar-refractivity contribution in [3.05, 3.63) is 58.2 Å². The van der Waals surface area contributed by atoms with Gasteiger partial charge in [0.15, 0.2) is 11.5 Å². The second-order valence-electron chi connectivity index (χ2n) is 5.25. The Balaban J connectivity index is 2.53. The minimum absolute atomic E-state index is 0.0288. The lowest BCUT2D eigenvalue weighted by atomic mass is 9.97. The van der Waals surface area contributed by atoms with Gasteiger partial charge in [0.25, 0.3) is 0 Å². The fourth-order valence-electron chi connectivity index (χ4n) is 2.22. The molecule has 1 heterocycles. The number of ketones is 1. The van der Waals surface area contributed by atoms with Crippen LogP contribution in [0.1, 0.15) is 56.7 Å². The zero-order chi connectivity index (χ0) is 16.3. The third kappa shape index (κ3) is 3.19. The smallest absolute Gasteiger partial charge is 0.355 e. The summed E-state index contributed by atoms with van der Waals surface area (Å²) >= 11 is 0. The van der Waals surface area contributed by atoms with Crippen LogP contribution in [0.4, 0.5) is 0 Å². The maximum Gasteiger partial charge on any atom is 0.355 e. The molecule has 2 aromatic rings. The van der Waals surface area contributed by atoms with E-state index in [0.717, 1.165) is 17.5 Å². The summed E-state index contributed by atoms with van der Waals surface area (Å²) in [5, 5.41) is 9.34. The van der Waals surface area contributed by atoms with Gasteiger partial charge in [0.05, 0.1) is 5.56 Å². The van der Waals surface area contributed by atoms with Crippen LogP contribution < -0.4 is 0 Å². The molecule has 0 amide bonds. The molecule has 5 heteroatoms. The molecule has 0 atom stereocenters. The van der Waals surface area contributed by atoms with E-state index in [0.29, 0.717) is 17.8 Å². The van der Waals surface area contributed by atoms with Gasteiger partial charge in [0.1, 0.15) is 5.82 Å². The summed E-state index contributed by atoms with van der Waals surface area (Å²) in [6, 6.07) is 5.50. The molecular weight excluding hydrogens is 280 g/mol. The van der Waals surface area contributed by atoms with Crippen LogP contribution >= 0.6 is 0 Å². The van der Waals surface area contributed by atoms with E-state index in [-0.39, 0.29) is 17.0 Å². The largest absolute Gasteiger partial charge is 0.476 e. The zero-order valence-electron chi connectivity index (χ0n) is 12.9. The Bertz CT molecular complexity index is 739. The van der Waals surface area contributed by atoms with Gasteiger partial charge in [-0.3, -0.25) is 4.79 Å². The van der Waals surface area contributed by atoms with Gasteiger partial charge < -0.3 is 5.11 Å². The highest BCUT2D eigenvalue weighted by Gasteiger charge is 2.22. The number of aryl methyl sites for hydroxylation is 3. The number of benzene rings is 1. The number of rotatable bonds is 5. The standard InChI is InChI=1S/C17H18N2O3/c1-4-5-14-18-9-13(15(19-14)17(21)22)16(20)12-8-10(2)6-7-11(12)3/h6-9H,4-5H2,1-3H3,(H,21,22). The van der Waals surface area contributed by atoms with Gasteiger partial charge >= 0.3 is 5.97 Å². The van der Waals surface area contributed by atoms with E-state index >= 15 is 0 Å². The van der Waals surface area contributed by atoms with E-state index in [4.69, 9.17) is 0 Å². The Morgan fingerprint density at radius 3 is 2.55 bits per heavy atom. The van der Waals surface area contributed by atoms with Crippen LogP contribution in [0.2, 0.25) is 0 Å². The summed E-state index contributed by atoms with van der Waals surface area (Å²) < 4.78 is 0. The fourth-order valence-corrected chi connectivity index (χ4v) is 2.22. The molecule has 0 radical (unpaired) electrons. The molecule has 2 rings (SSSR count). The number of carbonyl (C=O) groups is 2. The topological polar surface area (TPSA) is 80.2 Å². The molecule has 0 aliphatic rings. The van der Waals surface area contributed by atoms with Crippen molar-refractivity contribution in [2.24, 2.45) is 0 Å². The average molecular weight is 298 g/mol. The molecule has 0 aliphatic carbocycles. The summed E-state index contributed by atoms with van der Waals surface area (Å²) in [4.78, 5) is 32.2. The normalized spacial score (nSPS) is 10.5. The maximum absolute atomic E-state index is 12.7. The van der Waals surface area contributed by atoms with Crippen molar-refractivity contribution in [3.63, 3.8) is 0 Å². The van der Waals surface area contributed by atoms with Crippen LogP contribution in [-0.2, 0) is 6.42 Å². The van der Waals surface area contributed by atoms with Crippen molar-refractivity contribution < 1.29 is 14.7 Å². The maximum atomic E-state index is 12.7. The predicted octanol–water partition coefficient (Wildman–Crippen LogP) is 2.98. The highest BCUT2D eigenvalue weighted by molar-refractivity contribution is 6.14. The first kappa shape index (κ1) is 15.8. The molecule has 5 nitrogen and oxygen atoms in total. The van der Waals surface area contributed by atoms with E-state index in [1.54, 1.807) is 6.07 Å². The first-order valence-corrected chi connectivity index (χ1v) is 7.15. The van der Waals surface area contributed by atoms with Crippen molar-refractivity contribution in [1.82, 2.24) is 9.97 Å². The van der Waals surface area contributed by atoms with Crippen LogP contribution in [0.15, 0.2) is 24.4 Å². The van der Waals surface area contributed by atoms with Crippen molar-refractivity contribution in [2.45, 2.75) is 33.6 Å². The Kier molecular flexibility index (Phi) is 4.65. The third-order valence-electron chi connectivity index (χ3n) is 3.40. The number of nitrogens with zero attached hydrogens (tertiary/aromatic N) is 2. The second-order valence-corrected chi connectivity index (χ2v) is 5.25. The summed E-state index contributed by atoms with van der Waals surface area (Å²) in [5.41, 5.74) is 2.01. The Labute approximate surface area is 129 Å². The van der Waals surface area contributed by atoms with Gasteiger partial charge in [-0.05, 0) is 31.9 Å². The molecule has 1 N–H and O–H groups in total. The van der Waals surface area contributed by atoms with Gasteiger partial charge in [0, 0.05) is 18.2 Å². The summed E-state index contributed by atoms with van der Waals surface area (Å²) in [7, 11) is 0. The molecule has 1 aromatic heterocycles. The van der Waals surface area contributed by atoms with Crippen molar-refractivity contribution >= 4 is 11.8 Å². The first-order valence-electron chi connectivity index (χ1n) is 7.15. The lowest BCUT2D eigenvalue weighted by molar-refractivity contribution is 0.0685. The highest BCUT2D eigenvalue weighted by Crippen LogP contribution is 2.18. The number of carbonyl (C=O) groups excluding carboxylic acids is 1. The molecule has 0 saturated carbocycles. The van der Waals surface area contributed by atoms with E-state index in [9.17, 15) is 14.7 Å². The first-order chi connectivity index (χ1) is 10.4. The van der Waals surface area contributed by atoms with Crippen molar-refractivity contribution in [3.8, 4) is 0 Å². The van der Waals surface area contributed by atoms with Crippen LogP contribution in [-0.4, -0.2) is 26.8 Å². The Morgan fingerprint density at radius 1 is 1.18 bits per heavy atom. The zero-order valence-corrected chi connectivity index (χ0v) is 12.9. The molecule has 0 aliphatic heterocycles. The van der Waals surface area contributed by atoms with Gasteiger partial charge in [-0.1, -0.05) is 24.6 Å². The molecule has 0 fully saturated rings. The van der Waals surface area contributed by atoms with Gasteiger partial charge in [-0.25, -0.2) is 14.8 Å². The molecule has 0 saturated heterocycles. The summed E-state index contributed by atoms with van der Waals surface area (Å²) in [6.07, 6.45) is 2.72. The SMILES string of the molecule is CCCc1ncc(C(=O)c2cc(C)ccc2C)c(C(=O)O)n1. The molecule has 22 heavy (non-hydrogen) atoms. The predicted molar refractivity (Wildman–Crippen MR) is 82.3 cm³/mol. The summed E-state index contributed by atoms with van der Waals surface area (Å²) in [5.74, 6) is -1.13. The number of carboxylic acids is 1. The molecule has 0 unspecified atom stereocenters. The Morgan fingerprint density at radius 2 is 1.91 bits per heavy atom. The molecular formula is C17H18N2O3. The van der Waals surface area contributed by atoms with E-state index in [1.165, 1.54) is 6.20 Å². The number of hydrogen-bond acceptors (Lipinski definition) is 4. The van der Waals surface area contributed by atoms with Crippen LogP contribution in [0, 0.1) is 13.8 Å². The third-order valence-corrected chi connectivity index (χ3v) is 3.40. The fraction of sp³-hybridized carbons (Fsp3) is 0.294. The van der Waals surface area contributed by atoms with E-state index in [1.807, 2.05) is 32.9 Å². The van der Waals surface area contributed by atoms with Crippen LogP contribution in [0.25, 0.3) is 0 Å². The van der Waals surface area contributed by atoms with Gasteiger partial charge in [-0.2, -0.15) is 0 Å². The Hall–Kier alpha value is -2.56. The second kappa shape index (κ2) is 6.47. The number of hydrogen-bond donors (Lipinski definition) is 1. The average Bonchev–Trinajstić information content (AvgIpc) is 2.49. The molecule has 1 aromatic carbocycles. The van der Waals surface area contributed by atoms with E-state index in [2.05, 4.69) is 9.97 Å². The van der Waals surface area contributed by atoms with Crippen LogP contribution in [0.3, 0.4) is 0 Å². The summed E-state index contributed by atoms with van der Waals surface area (Å²) in [6.45, 7) is 5.66. The van der Waals surface area contributed by atoms with Crippen molar-refractivity contribution in [1.29, 1.82) is 0 Å². The van der Waals surface area contributed by atoms with Gasteiger partial charge in [0.2, 0.25) is 0 Å². The molecule has 114 valence electrons. The minimum Gasteiger partial charge on any atom is -0.476 e. The number of carboxylic acid groups (broad SMARTS) is 1. The quantitative estimate of drug-likeness (QED) is 0.858. The monoisotopic (exact) mass is 298 g/mol. The minimum atomic E-state index is -1.21. The lowest BCUT2D eigenvalue weighted by Gasteiger charge is -2.09. The highest BCUT2D eigenvalue weighted by atomic mass is 16.4.